The molecule has 1 unspecified atom stereocenters. The van der Waals surface area contributed by atoms with Crippen LogP contribution in [0, 0.1) is 5.82 Å². The van der Waals surface area contributed by atoms with E-state index in [9.17, 15) is 4.39 Å². The molecule has 2 aromatic carbocycles. The third kappa shape index (κ3) is 3.34. The number of para-hydroxylation sites is 1. The van der Waals surface area contributed by atoms with Crippen molar-refractivity contribution < 1.29 is 4.39 Å². The molecule has 9 heteroatoms. The maximum Gasteiger partial charge on any atom is 0.181 e. The van der Waals surface area contributed by atoms with E-state index in [1.165, 1.54) is 24.2 Å². The van der Waals surface area contributed by atoms with E-state index in [2.05, 4.69) is 19.9 Å². The van der Waals surface area contributed by atoms with Gasteiger partial charge in [-0.15, -0.1) is 0 Å². The summed E-state index contributed by atoms with van der Waals surface area (Å²) in [6.07, 6.45) is 4.57. The summed E-state index contributed by atoms with van der Waals surface area (Å²) in [5.74, 6) is 0.257. The standard InChI is InChI=1S/C20H14ClFN6S/c21-13-4-1-2-7-16(13)28-8-12-14(22)5-3-6-15(12)27-17(28)9-29-20-18-19(24-10-23-18)25-11-26-20/h1-8,10-11,17H,9H2,(H,23,24,25,26). The molecule has 0 saturated heterocycles. The Kier molecular flexibility index (Phi) is 4.65. The Morgan fingerprint density at radius 1 is 1.10 bits per heavy atom. The summed E-state index contributed by atoms with van der Waals surface area (Å²) in [6, 6.07) is 12.4. The molecule has 0 fully saturated rings. The summed E-state index contributed by atoms with van der Waals surface area (Å²) in [7, 11) is 0. The van der Waals surface area contributed by atoms with Gasteiger partial charge in [-0.1, -0.05) is 41.6 Å². The van der Waals surface area contributed by atoms with E-state index in [4.69, 9.17) is 16.6 Å². The van der Waals surface area contributed by atoms with Gasteiger partial charge in [0.1, 0.15) is 28.9 Å². The first kappa shape index (κ1) is 18.1. The molecule has 1 N–H and O–H groups in total. The molecule has 4 aromatic rings. The average Bonchev–Trinajstić information content (AvgIpc) is 3.22. The van der Waals surface area contributed by atoms with Crippen molar-refractivity contribution in [1.29, 1.82) is 0 Å². The zero-order valence-corrected chi connectivity index (χ0v) is 16.5. The third-order valence-corrected chi connectivity index (χ3v) is 5.96. The second kappa shape index (κ2) is 7.46. The Morgan fingerprint density at radius 3 is 2.90 bits per heavy atom. The fraction of sp³-hybridized carbons (Fsp3) is 0.100. The van der Waals surface area contributed by atoms with Gasteiger partial charge in [0.2, 0.25) is 0 Å². The maximum atomic E-state index is 14.4. The molecule has 0 aliphatic carbocycles. The predicted octanol–water partition coefficient (Wildman–Crippen LogP) is 3.14. The van der Waals surface area contributed by atoms with Crippen molar-refractivity contribution >= 4 is 46.4 Å². The molecule has 0 spiro atoms. The lowest BCUT2D eigenvalue weighted by Crippen LogP contribution is -2.44. The molecule has 6 nitrogen and oxygen atoms in total. The Bertz CT molecular complexity index is 1320. The fourth-order valence-electron chi connectivity index (χ4n) is 3.23. The number of fused-ring (bicyclic) bond motifs is 2. The lowest BCUT2D eigenvalue weighted by atomic mass is 10.2. The fourth-order valence-corrected chi connectivity index (χ4v) is 4.42. The lowest BCUT2D eigenvalue weighted by Gasteiger charge is -2.30. The van der Waals surface area contributed by atoms with Crippen LogP contribution in [0.25, 0.3) is 17.4 Å². The van der Waals surface area contributed by atoms with Gasteiger partial charge < -0.3 is 9.88 Å². The number of anilines is 1. The van der Waals surface area contributed by atoms with E-state index in [-0.39, 0.29) is 12.0 Å². The van der Waals surface area contributed by atoms with Crippen molar-refractivity contribution in [3.8, 4) is 0 Å². The second-order valence-corrected chi connectivity index (χ2v) is 7.78. The highest BCUT2D eigenvalue weighted by molar-refractivity contribution is 7.99. The molecule has 0 saturated carbocycles. The maximum absolute atomic E-state index is 14.4. The van der Waals surface area contributed by atoms with Gasteiger partial charge in [-0.3, -0.25) is 4.99 Å². The van der Waals surface area contributed by atoms with Gasteiger partial charge in [0.25, 0.3) is 0 Å². The van der Waals surface area contributed by atoms with Gasteiger partial charge in [0.05, 0.1) is 27.6 Å². The quantitative estimate of drug-likeness (QED) is 0.402. The average molecular weight is 425 g/mol. The van der Waals surface area contributed by atoms with Crippen molar-refractivity contribution in [2.45, 2.75) is 11.2 Å². The first-order valence-electron chi connectivity index (χ1n) is 8.84. The summed E-state index contributed by atoms with van der Waals surface area (Å²) < 4.78 is 14.4. The monoisotopic (exact) mass is 424 g/mol. The van der Waals surface area contributed by atoms with Crippen LogP contribution in [0.4, 0.5) is 10.1 Å². The van der Waals surface area contributed by atoms with E-state index in [0.717, 1.165) is 16.2 Å². The lowest BCUT2D eigenvalue weighted by molar-refractivity contribution is 0.609. The Balaban J connectivity index is 1.55. The molecule has 1 atom stereocenters. The number of aromatic amines is 1. The van der Waals surface area contributed by atoms with Crippen LogP contribution < -0.4 is 15.5 Å². The zero-order chi connectivity index (χ0) is 19.8. The van der Waals surface area contributed by atoms with E-state index < -0.39 is 0 Å². The van der Waals surface area contributed by atoms with E-state index in [1.54, 1.807) is 18.6 Å². The molecular formula is C20H14ClFN6S. The topological polar surface area (TPSA) is 70.1 Å². The summed E-state index contributed by atoms with van der Waals surface area (Å²) >= 11 is 7.96. The van der Waals surface area contributed by atoms with Crippen molar-refractivity contribution in [2.24, 2.45) is 4.99 Å². The molecule has 2 aromatic heterocycles. The molecule has 1 aliphatic heterocycles. The summed E-state index contributed by atoms with van der Waals surface area (Å²) in [6.45, 7) is 0. The van der Waals surface area contributed by atoms with Crippen LogP contribution >= 0.6 is 23.4 Å². The number of hydrogen-bond acceptors (Lipinski definition) is 6. The molecule has 3 heterocycles. The highest BCUT2D eigenvalue weighted by atomic mass is 35.5. The van der Waals surface area contributed by atoms with Gasteiger partial charge in [0.15, 0.2) is 5.65 Å². The van der Waals surface area contributed by atoms with Crippen molar-refractivity contribution in [2.75, 3.05) is 10.7 Å². The van der Waals surface area contributed by atoms with Crippen molar-refractivity contribution in [3.63, 3.8) is 0 Å². The van der Waals surface area contributed by atoms with Crippen LogP contribution in [-0.2, 0) is 0 Å². The number of benzene rings is 2. The van der Waals surface area contributed by atoms with E-state index >= 15 is 0 Å². The van der Waals surface area contributed by atoms with Gasteiger partial charge >= 0.3 is 0 Å². The van der Waals surface area contributed by atoms with Crippen molar-refractivity contribution in [3.05, 3.63) is 76.5 Å². The second-order valence-electron chi connectivity index (χ2n) is 6.36. The molecule has 5 rings (SSSR count). The molecule has 0 radical (unpaired) electrons. The van der Waals surface area contributed by atoms with Crippen LogP contribution in [0.15, 0.2) is 65.1 Å². The number of thioether (sulfide) groups is 1. The SMILES string of the molecule is Fc1cccc2c1=CN(c1ccccc1Cl)C(CSc1ncnc3nc[nH]c13)N=2. The number of nitrogens with one attached hydrogen (secondary N) is 1. The Morgan fingerprint density at radius 2 is 2.00 bits per heavy atom. The van der Waals surface area contributed by atoms with Crippen LogP contribution in [0.1, 0.15) is 0 Å². The predicted molar refractivity (Wildman–Crippen MR) is 112 cm³/mol. The number of aromatic nitrogens is 4. The largest absolute Gasteiger partial charge is 0.341 e. The molecule has 0 bridgehead atoms. The minimum atomic E-state index is -0.315. The number of rotatable bonds is 4. The molecule has 0 amide bonds. The summed E-state index contributed by atoms with van der Waals surface area (Å²) in [5, 5.41) is 2.43. The van der Waals surface area contributed by atoms with Crippen LogP contribution in [0.3, 0.4) is 0 Å². The first-order valence-corrected chi connectivity index (χ1v) is 10.2. The normalized spacial score (nSPS) is 15.7. The van der Waals surface area contributed by atoms with Gasteiger partial charge in [-0.05, 0) is 24.3 Å². The van der Waals surface area contributed by atoms with Gasteiger partial charge in [-0.25, -0.2) is 19.3 Å². The summed E-state index contributed by atoms with van der Waals surface area (Å²) in [5.41, 5.74) is 2.17. The Hall–Kier alpha value is -2.97. The van der Waals surface area contributed by atoms with Gasteiger partial charge in [-0.2, -0.15) is 0 Å². The molecule has 29 heavy (non-hydrogen) atoms. The third-order valence-electron chi connectivity index (χ3n) is 4.60. The zero-order valence-electron chi connectivity index (χ0n) is 15.0. The molecule has 1 aliphatic rings. The van der Waals surface area contributed by atoms with Crippen LogP contribution in [-0.4, -0.2) is 31.9 Å². The number of imidazole rings is 1. The smallest absolute Gasteiger partial charge is 0.181 e. The number of H-pyrrole nitrogens is 1. The number of halogens is 2. The minimum absolute atomic E-state index is 0.290. The highest BCUT2D eigenvalue weighted by Gasteiger charge is 2.23. The Labute approximate surface area is 174 Å². The van der Waals surface area contributed by atoms with Crippen molar-refractivity contribution in [1.82, 2.24) is 19.9 Å². The number of hydrogen-bond donors (Lipinski definition) is 1. The molecule has 144 valence electrons. The molecular weight excluding hydrogens is 411 g/mol. The van der Waals surface area contributed by atoms with Gasteiger partial charge in [0, 0.05) is 12.0 Å². The van der Waals surface area contributed by atoms with Crippen LogP contribution in [0.5, 0.6) is 0 Å². The summed E-state index contributed by atoms with van der Waals surface area (Å²) in [4.78, 5) is 22.4. The van der Waals surface area contributed by atoms with E-state index in [1.807, 2.05) is 35.2 Å². The first-order chi connectivity index (χ1) is 14.2. The minimum Gasteiger partial charge on any atom is -0.341 e. The van der Waals surface area contributed by atoms with Crippen LogP contribution in [0.2, 0.25) is 5.02 Å². The highest BCUT2D eigenvalue weighted by Crippen LogP contribution is 2.31. The van der Waals surface area contributed by atoms with E-state index in [0.29, 0.717) is 27.0 Å². The number of nitrogens with zero attached hydrogens (tertiary/aromatic N) is 5.